The molecule has 0 unspecified atom stereocenters. The molecule has 0 aliphatic heterocycles. The lowest BCUT2D eigenvalue weighted by Crippen LogP contribution is -2.27. The zero-order valence-corrected chi connectivity index (χ0v) is 17.7. The molecule has 0 bridgehead atoms. The molecule has 0 amide bonds. The molecule has 1 aliphatic rings. The van der Waals surface area contributed by atoms with Crippen LogP contribution in [-0.2, 0) is 4.74 Å². The van der Waals surface area contributed by atoms with Crippen LogP contribution in [0.1, 0.15) is 42.6 Å². The minimum absolute atomic E-state index is 0.200. The lowest BCUT2D eigenvalue weighted by Gasteiger charge is -2.24. The summed E-state index contributed by atoms with van der Waals surface area (Å²) >= 11 is 0. The molecule has 0 saturated carbocycles. The number of methoxy groups -OCH3 is 1. The van der Waals surface area contributed by atoms with Gasteiger partial charge in [0.15, 0.2) is 11.6 Å². The first-order chi connectivity index (χ1) is 14.5. The van der Waals surface area contributed by atoms with Crippen molar-refractivity contribution in [1.82, 2.24) is 9.97 Å². The number of esters is 1. The van der Waals surface area contributed by atoms with E-state index in [1.165, 1.54) is 7.11 Å². The van der Waals surface area contributed by atoms with Crippen LogP contribution < -0.4 is 4.90 Å². The number of nitrogens with zero attached hydrogens (tertiary/aromatic N) is 3. The fourth-order valence-electron chi connectivity index (χ4n) is 3.47. The molecule has 0 spiro atoms. The highest BCUT2D eigenvalue weighted by atomic mass is 16.5. The van der Waals surface area contributed by atoms with E-state index in [0.717, 1.165) is 24.0 Å². The van der Waals surface area contributed by atoms with Gasteiger partial charge in [-0.05, 0) is 56.5 Å². The van der Waals surface area contributed by atoms with Gasteiger partial charge in [-0.3, -0.25) is 0 Å². The molecule has 30 heavy (non-hydrogen) atoms. The van der Waals surface area contributed by atoms with Crippen molar-refractivity contribution in [2.24, 2.45) is 0 Å². The van der Waals surface area contributed by atoms with Crippen LogP contribution in [0.25, 0.3) is 28.1 Å². The van der Waals surface area contributed by atoms with Gasteiger partial charge in [0, 0.05) is 18.7 Å². The molecule has 4 rings (SSSR count). The molecular weight excluding hydrogens is 378 g/mol. The van der Waals surface area contributed by atoms with Gasteiger partial charge in [-0.2, -0.15) is 0 Å². The summed E-state index contributed by atoms with van der Waals surface area (Å²) in [6, 6.07) is 7.38. The monoisotopic (exact) mass is 403 g/mol. The number of furan rings is 1. The molecule has 1 aromatic carbocycles. The minimum atomic E-state index is -0.397. The van der Waals surface area contributed by atoms with Crippen LogP contribution in [0.15, 0.2) is 53.2 Å². The largest absolute Gasteiger partial charge is 0.465 e. The van der Waals surface area contributed by atoms with Gasteiger partial charge in [0.05, 0.1) is 30.0 Å². The molecule has 0 N–H and O–H groups in total. The highest BCUT2D eigenvalue weighted by Gasteiger charge is 2.23. The number of hydrogen-bond acceptors (Lipinski definition) is 6. The number of aromatic nitrogens is 2. The summed E-state index contributed by atoms with van der Waals surface area (Å²) in [4.78, 5) is 23.8. The van der Waals surface area contributed by atoms with Crippen LogP contribution in [0.2, 0.25) is 0 Å². The van der Waals surface area contributed by atoms with Crippen molar-refractivity contribution in [3.63, 3.8) is 0 Å². The second-order valence-corrected chi connectivity index (χ2v) is 7.60. The molecule has 3 aromatic rings. The topological polar surface area (TPSA) is 68.5 Å². The first kappa shape index (κ1) is 19.9. The van der Waals surface area contributed by atoms with E-state index in [9.17, 15) is 4.79 Å². The summed E-state index contributed by atoms with van der Waals surface area (Å²) in [5.74, 6) is 1.00. The minimum Gasteiger partial charge on any atom is -0.465 e. The summed E-state index contributed by atoms with van der Waals surface area (Å²) in [6.45, 7) is 4.19. The lowest BCUT2D eigenvalue weighted by molar-refractivity contribution is 0.0601. The summed E-state index contributed by atoms with van der Waals surface area (Å²) in [5, 5.41) is 0. The maximum absolute atomic E-state index is 11.9. The number of allylic oxidation sites excluding steroid dienone is 4. The van der Waals surface area contributed by atoms with Crippen molar-refractivity contribution >= 4 is 28.4 Å². The molecule has 6 heteroatoms. The SMILES string of the molecule is COC(=O)c1ccc2nc(-c3occc3C3=CCCC=C3)c(N(C)C(C)C)nc2c1. The smallest absolute Gasteiger partial charge is 0.337 e. The number of carbonyl (C=O) groups excluding carboxylic acids is 1. The highest BCUT2D eigenvalue weighted by Crippen LogP contribution is 2.37. The second kappa shape index (κ2) is 8.14. The van der Waals surface area contributed by atoms with Crippen LogP contribution in [0.3, 0.4) is 0 Å². The van der Waals surface area contributed by atoms with Crippen molar-refractivity contribution in [2.75, 3.05) is 19.1 Å². The van der Waals surface area contributed by atoms with Crippen molar-refractivity contribution in [2.45, 2.75) is 32.7 Å². The third kappa shape index (κ3) is 3.61. The number of anilines is 1. The van der Waals surface area contributed by atoms with Crippen LogP contribution in [0.5, 0.6) is 0 Å². The van der Waals surface area contributed by atoms with Crippen LogP contribution in [-0.4, -0.2) is 36.1 Å². The van der Waals surface area contributed by atoms with Gasteiger partial charge < -0.3 is 14.1 Å². The van der Waals surface area contributed by atoms with E-state index < -0.39 is 5.97 Å². The Kier molecular flexibility index (Phi) is 5.40. The predicted molar refractivity (Wildman–Crippen MR) is 118 cm³/mol. The maximum Gasteiger partial charge on any atom is 0.337 e. The Morgan fingerprint density at radius 1 is 1.17 bits per heavy atom. The first-order valence-electron chi connectivity index (χ1n) is 10.1. The van der Waals surface area contributed by atoms with Crippen LogP contribution in [0, 0.1) is 0 Å². The van der Waals surface area contributed by atoms with Gasteiger partial charge in [0.25, 0.3) is 0 Å². The molecule has 0 atom stereocenters. The average molecular weight is 403 g/mol. The van der Waals surface area contributed by atoms with E-state index in [4.69, 9.17) is 19.1 Å². The van der Waals surface area contributed by atoms with Crippen molar-refractivity contribution in [3.8, 4) is 11.5 Å². The summed E-state index contributed by atoms with van der Waals surface area (Å²) in [5.41, 5.74) is 4.59. The van der Waals surface area contributed by atoms with E-state index in [2.05, 4.69) is 37.0 Å². The number of fused-ring (bicyclic) bond motifs is 1. The Labute approximate surface area is 175 Å². The summed E-state index contributed by atoms with van der Waals surface area (Å²) in [7, 11) is 3.35. The Morgan fingerprint density at radius 2 is 2.00 bits per heavy atom. The number of rotatable bonds is 5. The fourth-order valence-corrected chi connectivity index (χ4v) is 3.47. The van der Waals surface area contributed by atoms with Crippen LogP contribution in [0.4, 0.5) is 5.82 Å². The molecule has 2 heterocycles. The standard InChI is InChI=1S/C24H25N3O3/c1-15(2)27(3)23-21(22-18(12-13-30-22)16-8-6-5-7-9-16)25-19-11-10-17(24(28)29-4)14-20(19)26-23/h6,8-15H,5,7H2,1-4H3. The Balaban J connectivity index is 1.92. The quantitative estimate of drug-likeness (QED) is 0.542. The predicted octanol–water partition coefficient (Wildman–Crippen LogP) is 5.25. The van der Waals surface area contributed by atoms with Gasteiger partial charge in [0.1, 0.15) is 5.69 Å². The maximum atomic E-state index is 11.9. The van der Waals surface area contributed by atoms with Crippen LogP contribution >= 0.6 is 0 Å². The first-order valence-corrected chi connectivity index (χ1v) is 10.1. The van der Waals surface area contributed by atoms with E-state index in [-0.39, 0.29) is 6.04 Å². The van der Waals surface area contributed by atoms with Gasteiger partial charge in [-0.1, -0.05) is 18.2 Å². The van der Waals surface area contributed by atoms with E-state index in [0.29, 0.717) is 33.9 Å². The Hall–Kier alpha value is -3.41. The molecule has 0 radical (unpaired) electrons. The van der Waals surface area contributed by atoms with Crippen molar-refractivity contribution < 1.29 is 13.9 Å². The molecule has 0 fully saturated rings. The molecule has 2 aromatic heterocycles. The molecular formula is C24H25N3O3. The highest BCUT2D eigenvalue weighted by molar-refractivity contribution is 5.95. The third-order valence-electron chi connectivity index (χ3n) is 5.36. The normalized spacial score (nSPS) is 13.6. The number of hydrogen-bond donors (Lipinski definition) is 0. The Morgan fingerprint density at radius 3 is 2.70 bits per heavy atom. The third-order valence-corrected chi connectivity index (χ3v) is 5.36. The summed E-state index contributed by atoms with van der Waals surface area (Å²) in [6.07, 6.45) is 10.3. The van der Waals surface area contributed by atoms with Gasteiger partial charge in [-0.15, -0.1) is 0 Å². The number of carbonyl (C=O) groups is 1. The fraction of sp³-hybridized carbons (Fsp3) is 0.292. The second-order valence-electron chi connectivity index (χ2n) is 7.60. The van der Waals surface area contributed by atoms with Crippen molar-refractivity contribution in [3.05, 3.63) is 59.9 Å². The Bertz CT molecular complexity index is 1160. The van der Waals surface area contributed by atoms with E-state index in [1.807, 2.05) is 13.1 Å². The molecule has 0 saturated heterocycles. The molecule has 1 aliphatic carbocycles. The zero-order valence-electron chi connectivity index (χ0n) is 17.7. The van der Waals surface area contributed by atoms with Gasteiger partial charge in [-0.25, -0.2) is 14.8 Å². The number of ether oxygens (including phenoxy) is 1. The van der Waals surface area contributed by atoms with Gasteiger partial charge in [0.2, 0.25) is 0 Å². The number of benzene rings is 1. The average Bonchev–Trinajstić information content (AvgIpc) is 3.27. The zero-order chi connectivity index (χ0) is 21.3. The van der Waals surface area contributed by atoms with E-state index >= 15 is 0 Å². The van der Waals surface area contributed by atoms with E-state index in [1.54, 1.807) is 24.5 Å². The van der Waals surface area contributed by atoms with Gasteiger partial charge >= 0.3 is 5.97 Å². The molecule has 154 valence electrons. The molecule has 6 nitrogen and oxygen atoms in total. The van der Waals surface area contributed by atoms with Crippen molar-refractivity contribution in [1.29, 1.82) is 0 Å². The lowest BCUT2D eigenvalue weighted by atomic mass is 9.99. The summed E-state index contributed by atoms with van der Waals surface area (Å²) < 4.78 is 10.8.